The molecule has 35 heavy (non-hydrogen) atoms. The van der Waals surface area contributed by atoms with Gasteiger partial charge in [0, 0.05) is 38.2 Å². The number of likely N-dealkylation sites (tertiary alicyclic amines) is 1. The first kappa shape index (κ1) is 23.5. The van der Waals surface area contributed by atoms with Gasteiger partial charge in [0.1, 0.15) is 30.0 Å². The molecule has 8 nitrogen and oxygen atoms in total. The van der Waals surface area contributed by atoms with Gasteiger partial charge < -0.3 is 29.7 Å². The summed E-state index contributed by atoms with van der Waals surface area (Å²) in [7, 11) is 0. The van der Waals surface area contributed by atoms with Crippen molar-refractivity contribution >= 4 is 23.1 Å². The second kappa shape index (κ2) is 9.44. The first-order chi connectivity index (χ1) is 16.8. The van der Waals surface area contributed by atoms with E-state index in [1.165, 1.54) is 6.20 Å². The summed E-state index contributed by atoms with van der Waals surface area (Å²) in [5.74, 6) is 0.696. The summed E-state index contributed by atoms with van der Waals surface area (Å²) in [6.07, 6.45) is -1.24. The third-order valence-electron chi connectivity index (χ3n) is 6.64. The number of amides is 1. The number of benzene rings is 1. The Bertz CT molecular complexity index is 1090. The molecular weight excluding hydrogens is 465 g/mol. The van der Waals surface area contributed by atoms with Crippen LogP contribution < -0.4 is 20.1 Å². The Labute approximate surface area is 200 Å². The molecule has 1 amide bonds. The number of rotatable bonds is 4. The summed E-state index contributed by atoms with van der Waals surface area (Å²) in [6, 6.07) is 6.27. The summed E-state index contributed by atoms with van der Waals surface area (Å²) in [5, 5.41) is 0. The van der Waals surface area contributed by atoms with Gasteiger partial charge in [0.15, 0.2) is 0 Å². The number of carbonyl (C=O) groups excluding carboxylic acids is 1. The van der Waals surface area contributed by atoms with Crippen LogP contribution >= 0.6 is 0 Å². The highest BCUT2D eigenvalue weighted by molar-refractivity contribution is 5.79. The number of nitrogens with two attached hydrogens (primary N) is 1. The Morgan fingerprint density at radius 3 is 2.69 bits per heavy atom. The van der Waals surface area contributed by atoms with Crippen LogP contribution in [-0.4, -0.2) is 61.3 Å². The van der Waals surface area contributed by atoms with E-state index in [4.69, 9.17) is 19.9 Å². The van der Waals surface area contributed by atoms with E-state index in [1.54, 1.807) is 23.1 Å². The van der Waals surface area contributed by atoms with Gasteiger partial charge in [-0.1, -0.05) is 0 Å². The smallest absolute Gasteiger partial charge is 0.420 e. The van der Waals surface area contributed by atoms with Crippen LogP contribution in [0, 0.1) is 5.92 Å². The van der Waals surface area contributed by atoms with E-state index in [9.17, 15) is 18.0 Å². The molecular formula is C24H27F3N4O4. The van der Waals surface area contributed by atoms with E-state index in [2.05, 4.69) is 4.98 Å². The molecule has 0 spiro atoms. The summed E-state index contributed by atoms with van der Waals surface area (Å²) in [6.45, 7) is 3.03. The molecule has 1 aromatic carbocycles. The molecule has 1 aromatic heterocycles. The lowest BCUT2D eigenvalue weighted by atomic mass is 9.99. The average Bonchev–Trinajstić information content (AvgIpc) is 3.32. The van der Waals surface area contributed by atoms with Crippen LogP contribution in [0.15, 0.2) is 30.5 Å². The second-order valence-electron chi connectivity index (χ2n) is 8.95. The number of hydrogen-bond donors (Lipinski definition) is 1. The van der Waals surface area contributed by atoms with Gasteiger partial charge in [0.2, 0.25) is 5.91 Å². The molecule has 3 aliphatic heterocycles. The Hall–Kier alpha value is -3.21. The highest BCUT2D eigenvalue weighted by Gasteiger charge is 2.35. The van der Waals surface area contributed by atoms with Crippen LogP contribution in [0.3, 0.4) is 0 Å². The fourth-order valence-corrected chi connectivity index (χ4v) is 4.80. The highest BCUT2D eigenvalue weighted by Crippen LogP contribution is 2.42. The van der Waals surface area contributed by atoms with Crippen molar-refractivity contribution in [2.45, 2.75) is 31.5 Å². The molecule has 0 radical (unpaired) electrons. The summed E-state index contributed by atoms with van der Waals surface area (Å²) >= 11 is 0. The number of pyridine rings is 1. The van der Waals surface area contributed by atoms with E-state index in [0.717, 1.165) is 18.9 Å². The first-order valence-electron chi connectivity index (χ1n) is 11.7. The number of nitrogen functional groups attached to an aromatic ring is 1. The minimum atomic E-state index is -4.61. The zero-order chi connectivity index (χ0) is 24.6. The fourth-order valence-electron chi connectivity index (χ4n) is 4.80. The molecule has 1 atom stereocenters. The third kappa shape index (κ3) is 4.95. The minimum Gasteiger partial charge on any atom is -0.490 e. The molecule has 0 saturated carbocycles. The van der Waals surface area contributed by atoms with Crippen LogP contribution in [0.4, 0.5) is 30.4 Å². The maximum absolute atomic E-state index is 13.4. The van der Waals surface area contributed by atoms with E-state index in [1.807, 2.05) is 4.90 Å². The topological polar surface area (TPSA) is 90.2 Å². The minimum absolute atomic E-state index is 0.00654. The van der Waals surface area contributed by atoms with Crippen LogP contribution in [0.25, 0.3) is 0 Å². The Morgan fingerprint density at radius 2 is 1.91 bits per heavy atom. The van der Waals surface area contributed by atoms with Gasteiger partial charge in [0.25, 0.3) is 0 Å². The molecule has 0 bridgehead atoms. The fraction of sp³-hybridized carbons (Fsp3) is 0.500. The molecule has 2 aromatic rings. The van der Waals surface area contributed by atoms with Crippen molar-refractivity contribution in [2.75, 3.05) is 50.1 Å². The average molecular weight is 492 g/mol. The summed E-state index contributed by atoms with van der Waals surface area (Å²) < 4.78 is 57.4. The van der Waals surface area contributed by atoms with Gasteiger partial charge in [0.05, 0.1) is 36.2 Å². The standard InChI is InChI=1S/C24H27F3N4O4/c25-24(26,27)19-11-16(13-29-22(19)28)31-7-10-34-21-2-1-17(12-20(21)31)35-18-3-6-30(14-18)23(32)15-4-8-33-9-5-15/h1-2,11-13,15,18H,3-10,14H2,(H2,28,29). The quantitative estimate of drug-likeness (QED) is 0.697. The van der Waals surface area contributed by atoms with E-state index in [-0.39, 0.29) is 23.6 Å². The van der Waals surface area contributed by atoms with Crippen LogP contribution in [-0.2, 0) is 15.7 Å². The molecule has 0 aliphatic carbocycles. The maximum Gasteiger partial charge on any atom is 0.420 e. The second-order valence-corrected chi connectivity index (χ2v) is 8.95. The van der Waals surface area contributed by atoms with Gasteiger partial charge in [-0.15, -0.1) is 0 Å². The van der Waals surface area contributed by atoms with Crippen molar-refractivity contribution in [3.63, 3.8) is 0 Å². The first-order valence-corrected chi connectivity index (χ1v) is 11.7. The number of fused-ring (bicyclic) bond motifs is 1. The zero-order valence-electron chi connectivity index (χ0n) is 19.1. The van der Waals surface area contributed by atoms with E-state index < -0.39 is 17.6 Å². The Kier molecular flexibility index (Phi) is 6.35. The largest absolute Gasteiger partial charge is 0.490 e. The highest BCUT2D eigenvalue weighted by atomic mass is 19.4. The summed E-state index contributed by atoms with van der Waals surface area (Å²) in [4.78, 5) is 20.1. The molecule has 188 valence electrons. The molecule has 4 heterocycles. The molecule has 3 aliphatic rings. The van der Waals surface area contributed by atoms with Gasteiger partial charge in [-0.25, -0.2) is 4.98 Å². The lowest BCUT2D eigenvalue weighted by Gasteiger charge is -2.32. The van der Waals surface area contributed by atoms with Gasteiger partial charge in [-0.2, -0.15) is 13.2 Å². The number of alkyl halides is 3. The van der Waals surface area contributed by atoms with Gasteiger partial charge in [-0.05, 0) is 31.0 Å². The van der Waals surface area contributed by atoms with Crippen molar-refractivity contribution in [3.8, 4) is 11.5 Å². The third-order valence-corrected chi connectivity index (χ3v) is 6.64. The van der Waals surface area contributed by atoms with Crippen LogP contribution in [0.5, 0.6) is 11.5 Å². The number of aromatic nitrogens is 1. The van der Waals surface area contributed by atoms with Crippen molar-refractivity contribution in [1.82, 2.24) is 9.88 Å². The van der Waals surface area contributed by atoms with Crippen molar-refractivity contribution in [3.05, 3.63) is 36.0 Å². The normalized spacial score (nSPS) is 20.9. The number of nitrogens with zero attached hydrogens (tertiary/aromatic N) is 3. The zero-order valence-corrected chi connectivity index (χ0v) is 19.1. The van der Waals surface area contributed by atoms with Crippen molar-refractivity contribution < 1.29 is 32.2 Å². The van der Waals surface area contributed by atoms with Crippen LogP contribution in [0.1, 0.15) is 24.8 Å². The predicted octanol–water partition coefficient (Wildman–Crippen LogP) is 3.62. The maximum atomic E-state index is 13.4. The molecule has 2 fully saturated rings. The lowest BCUT2D eigenvalue weighted by Crippen LogP contribution is -2.38. The molecule has 2 N–H and O–H groups in total. The van der Waals surface area contributed by atoms with Crippen LogP contribution in [0.2, 0.25) is 0 Å². The SMILES string of the molecule is Nc1ncc(N2CCOc3ccc(OC4CCN(C(=O)C5CCOCC5)C4)cc32)cc1C(F)(F)F. The van der Waals surface area contributed by atoms with Gasteiger partial charge in [-0.3, -0.25) is 4.79 Å². The molecule has 2 saturated heterocycles. The summed E-state index contributed by atoms with van der Waals surface area (Å²) in [5.41, 5.74) is 5.34. The molecule has 11 heteroatoms. The molecule has 1 unspecified atom stereocenters. The van der Waals surface area contributed by atoms with E-state index in [0.29, 0.717) is 63.1 Å². The van der Waals surface area contributed by atoms with Gasteiger partial charge >= 0.3 is 6.18 Å². The van der Waals surface area contributed by atoms with E-state index >= 15 is 0 Å². The Balaban J connectivity index is 1.31. The molecule has 5 rings (SSSR count). The lowest BCUT2D eigenvalue weighted by molar-refractivity contribution is -0.138. The monoisotopic (exact) mass is 492 g/mol. The van der Waals surface area contributed by atoms with Crippen molar-refractivity contribution in [1.29, 1.82) is 0 Å². The number of hydrogen-bond acceptors (Lipinski definition) is 7. The predicted molar refractivity (Wildman–Crippen MR) is 122 cm³/mol. The number of anilines is 3. The van der Waals surface area contributed by atoms with Crippen molar-refractivity contribution in [2.24, 2.45) is 5.92 Å². The number of halogens is 3. The number of carbonyl (C=O) groups is 1. The number of ether oxygens (including phenoxy) is 3. The Morgan fingerprint density at radius 1 is 1.11 bits per heavy atom.